The average Bonchev–Trinajstić information content (AvgIpc) is 2.48. The summed E-state index contributed by atoms with van der Waals surface area (Å²) in [5.41, 5.74) is 0. The molecule has 56 valence electrons. The van der Waals surface area contributed by atoms with Gasteiger partial charge in [-0.2, -0.15) is 0 Å². The maximum absolute atomic E-state index is 8.72. The summed E-state index contributed by atoms with van der Waals surface area (Å²) in [4.78, 5) is 1.91. The van der Waals surface area contributed by atoms with Gasteiger partial charge in [0.05, 0.1) is 11.5 Å². The number of hydrogen-bond acceptors (Lipinski definition) is 2. The van der Waals surface area contributed by atoms with Gasteiger partial charge in [-0.15, -0.1) is 11.3 Å². The van der Waals surface area contributed by atoms with Gasteiger partial charge in [-0.05, 0) is 18.2 Å². The SMILES string of the molecule is C=CC#Cc1ccc(CO)s1. The molecule has 0 atom stereocenters. The van der Waals surface area contributed by atoms with Gasteiger partial charge in [0.15, 0.2) is 0 Å². The third kappa shape index (κ3) is 2.23. The number of aliphatic hydroxyl groups is 1. The van der Waals surface area contributed by atoms with E-state index >= 15 is 0 Å². The molecule has 1 aromatic rings. The summed E-state index contributed by atoms with van der Waals surface area (Å²) in [6.07, 6.45) is 1.55. The Morgan fingerprint density at radius 1 is 1.64 bits per heavy atom. The van der Waals surface area contributed by atoms with E-state index in [1.54, 1.807) is 6.08 Å². The van der Waals surface area contributed by atoms with Gasteiger partial charge in [0.25, 0.3) is 0 Å². The summed E-state index contributed by atoms with van der Waals surface area (Å²) in [5, 5.41) is 8.72. The minimum absolute atomic E-state index is 0.0977. The first kappa shape index (κ1) is 8.06. The molecule has 0 saturated heterocycles. The molecule has 0 bridgehead atoms. The molecule has 1 heterocycles. The number of thiophene rings is 1. The molecular formula is C9H8OS. The van der Waals surface area contributed by atoms with E-state index in [1.807, 2.05) is 12.1 Å². The van der Waals surface area contributed by atoms with Gasteiger partial charge >= 0.3 is 0 Å². The highest BCUT2D eigenvalue weighted by molar-refractivity contribution is 7.12. The summed E-state index contributed by atoms with van der Waals surface area (Å²) in [6.45, 7) is 3.58. The zero-order chi connectivity index (χ0) is 8.10. The van der Waals surface area contributed by atoms with Crippen molar-refractivity contribution in [2.45, 2.75) is 6.61 Å². The lowest BCUT2D eigenvalue weighted by molar-refractivity contribution is 0.285. The molecule has 1 N–H and O–H groups in total. The van der Waals surface area contributed by atoms with E-state index in [-0.39, 0.29) is 6.61 Å². The molecule has 0 aliphatic carbocycles. The molecule has 0 radical (unpaired) electrons. The standard InChI is InChI=1S/C9H8OS/c1-2-3-4-8-5-6-9(7-10)11-8/h2,5-6,10H,1,7H2. The lowest BCUT2D eigenvalue weighted by Gasteiger charge is -1.80. The second kappa shape index (κ2) is 3.97. The van der Waals surface area contributed by atoms with Crippen LogP contribution in [0.2, 0.25) is 0 Å². The maximum atomic E-state index is 8.72. The molecule has 0 aliphatic rings. The Hall–Kier alpha value is -1.04. The summed E-state index contributed by atoms with van der Waals surface area (Å²) >= 11 is 1.50. The van der Waals surface area contributed by atoms with E-state index in [0.29, 0.717) is 0 Å². The quantitative estimate of drug-likeness (QED) is 0.627. The topological polar surface area (TPSA) is 20.2 Å². The second-order valence-electron chi connectivity index (χ2n) is 1.90. The molecule has 0 spiro atoms. The smallest absolute Gasteiger partial charge is 0.0775 e. The van der Waals surface area contributed by atoms with E-state index in [4.69, 9.17) is 5.11 Å². The van der Waals surface area contributed by atoms with Crippen molar-refractivity contribution >= 4 is 11.3 Å². The van der Waals surface area contributed by atoms with Crippen molar-refractivity contribution in [3.05, 3.63) is 34.5 Å². The van der Waals surface area contributed by atoms with Gasteiger partial charge in [0.2, 0.25) is 0 Å². The molecule has 0 saturated carbocycles. The predicted octanol–water partition coefficient (Wildman–Crippen LogP) is 1.78. The molecule has 0 unspecified atom stereocenters. The van der Waals surface area contributed by atoms with Gasteiger partial charge in [-0.3, -0.25) is 0 Å². The Labute approximate surface area is 70.0 Å². The number of allylic oxidation sites excluding steroid dienone is 1. The Kier molecular flexibility index (Phi) is 2.91. The van der Waals surface area contributed by atoms with Gasteiger partial charge in [-0.1, -0.05) is 18.4 Å². The van der Waals surface area contributed by atoms with Crippen molar-refractivity contribution in [2.75, 3.05) is 0 Å². The maximum Gasteiger partial charge on any atom is 0.0775 e. The Bertz CT molecular complexity index is 301. The van der Waals surface area contributed by atoms with E-state index in [2.05, 4.69) is 18.4 Å². The zero-order valence-corrected chi connectivity index (χ0v) is 6.82. The molecular weight excluding hydrogens is 156 g/mol. The first-order chi connectivity index (χ1) is 5.36. The number of aliphatic hydroxyl groups excluding tert-OH is 1. The normalized spacial score (nSPS) is 8.45. The zero-order valence-electron chi connectivity index (χ0n) is 6.00. The summed E-state index contributed by atoms with van der Waals surface area (Å²) in [5.74, 6) is 5.63. The molecule has 0 aromatic carbocycles. The van der Waals surface area contributed by atoms with Crippen LogP contribution in [0.3, 0.4) is 0 Å². The van der Waals surface area contributed by atoms with Crippen LogP contribution in [-0.4, -0.2) is 5.11 Å². The highest BCUT2D eigenvalue weighted by Crippen LogP contribution is 2.14. The average molecular weight is 164 g/mol. The predicted molar refractivity (Wildman–Crippen MR) is 47.3 cm³/mol. The third-order valence-electron chi connectivity index (χ3n) is 1.11. The molecule has 11 heavy (non-hydrogen) atoms. The minimum Gasteiger partial charge on any atom is -0.391 e. The van der Waals surface area contributed by atoms with Gasteiger partial charge in [-0.25, -0.2) is 0 Å². The second-order valence-corrected chi connectivity index (χ2v) is 3.07. The fourth-order valence-corrected chi connectivity index (χ4v) is 1.38. The lowest BCUT2D eigenvalue weighted by atomic mass is 10.4. The summed E-state index contributed by atoms with van der Waals surface area (Å²) < 4.78 is 0. The highest BCUT2D eigenvalue weighted by Gasteiger charge is 1.93. The van der Waals surface area contributed by atoms with Crippen LogP contribution in [0.15, 0.2) is 24.8 Å². The fourth-order valence-electron chi connectivity index (χ4n) is 0.652. The monoisotopic (exact) mass is 164 g/mol. The minimum atomic E-state index is 0.0977. The third-order valence-corrected chi connectivity index (χ3v) is 2.10. The van der Waals surface area contributed by atoms with Crippen molar-refractivity contribution in [2.24, 2.45) is 0 Å². The molecule has 2 heteroatoms. The largest absolute Gasteiger partial charge is 0.391 e. The molecule has 0 fully saturated rings. The van der Waals surface area contributed by atoms with E-state index in [1.165, 1.54) is 11.3 Å². The van der Waals surface area contributed by atoms with Crippen LogP contribution < -0.4 is 0 Å². The van der Waals surface area contributed by atoms with Crippen molar-refractivity contribution in [1.29, 1.82) is 0 Å². The van der Waals surface area contributed by atoms with Crippen LogP contribution in [0, 0.1) is 11.8 Å². The van der Waals surface area contributed by atoms with Gasteiger partial charge in [0, 0.05) is 4.88 Å². The first-order valence-corrected chi connectivity index (χ1v) is 4.00. The van der Waals surface area contributed by atoms with E-state index in [9.17, 15) is 0 Å². The van der Waals surface area contributed by atoms with Crippen LogP contribution in [0.1, 0.15) is 9.75 Å². The van der Waals surface area contributed by atoms with E-state index < -0.39 is 0 Å². The van der Waals surface area contributed by atoms with Crippen LogP contribution >= 0.6 is 11.3 Å². The number of rotatable bonds is 1. The van der Waals surface area contributed by atoms with Crippen molar-refractivity contribution in [3.8, 4) is 11.8 Å². The molecule has 0 aliphatic heterocycles. The Morgan fingerprint density at radius 3 is 3.00 bits per heavy atom. The van der Waals surface area contributed by atoms with Gasteiger partial charge in [0.1, 0.15) is 0 Å². The van der Waals surface area contributed by atoms with E-state index in [0.717, 1.165) is 9.75 Å². The molecule has 1 nitrogen and oxygen atoms in total. The van der Waals surface area contributed by atoms with Gasteiger partial charge < -0.3 is 5.11 Å². The Morgan fingerprint density at radius 2 is 2.45 bits per heavy atom. The van der Waals surface area contributed by atoms with Crippen LogP contribution in [-0.2, 0) is 6.61 Å². The van der Waals surface area contributed by atoms with Crippen LogP contribution in [0.25, 0.3) is 0 Å². The molecule has 0 amide bonds. The Balaban J connectivity index is 2.80. The van der Waals surface area contributed by atoms with Crippen molar-refractivity contribution < 1.29 is 5.11 Å². The molecule has 1 aromatic heterocycles. The first-order valence-electron chi connectivity index (χ1n) is 3.19. The van der Waals surface area contributed by atoms with Crippen LogP contribution in [0.5, 0.6) is 0 Å². The highest BCUT2D eigenvalue weighted by atomic mass is 32.1. The van der Waals surface area contributed by atoms with Crippen molar-refractivity contribution in [3.63, 3.8) is 0 Å². The summed E-state index contributed by atoms with van der Waals surface area (Å²) in [6, 6.07) is 3.77. The fraction of sp³-hybridized carbons (Fsp3) is 0.111. The lowest BCUT2D eigenvalue weighted by Crippen LogP contribution is -1.69. The van der Waals surface area contributed by atoms with Crippen LogP contribution in [0.4, 0.5) is 0 Å². The summed E-state index contributed by atoms with van der Waals surface area (Å²) in [7, 11) is 0. The molecule has 1 rings (SSSR count). The number of hydrogen-bond donors (Lipinski definition) is 1. The van der Waals surface area contributed by atoms with Crippen molar-refractivity contribution in [1.82, 2.24) is 0 Å².